The third-order valence-corrected chi connectivity index (χ3v) is 7.47. The summed E-state index contributed by atoms with van der Waals surface area (Å²) >= 11 is 0. The van der Waals surface area contributed by atoms with Crippen molar-refractivity contribution in [3.05, 3.63) is 40.7 Å². The van der Waals surface area contributed by atoms with Gasteiger partial charge in [-0.25, -0.2) is 13.4 Å². The van der Waals surface area contributed by atoms with E-state index < -0.39 is 32.0 Å². The van der Waals surface area contributed by atoms with E-state index >= 15 is 0 Å². The van der Waals surface area contributed by atoms with E-state index in [1.807, 2.05) is 4.90 Å². The molecular formula is C23H33N7O7S. The van der Waals surface area contributed by atoms with Gasteiger partial charge in [0, 0.05) is 31.6 Å². The fourth-order valence-electron chi connectivity index (χ4n) is 4.21. The number of anilines is 2. The maximum Gasteiger partial charge on any atom is 0.373 e. The van der Waals surface area contributed by atoms with Gasteiger partial charge in [0.1, 0.15) is 18.0 Å². The zero-order valence-corrected chi connectivity index (χ0v) is 21.9. The van der Waals surface area contributed by atoms with Crippen LogP contribution in [0, 0.1) is 10.1 Å². The van der Waals surface area contributed by atoms with Crippen LogP contribution in [-0.2, 0) is 14.6 Å². The van der Waals surface area contributed by atoms with E-state index in [4.69, 9.17) is 16.2 Å². The number of nitrogens with zero attached hydrogens (tertiary/aromatic N) is 4. The van der Waals surface area contributed by atoms with E-state index in [1.165, 1.54) is 24.3 Å². The van der Waals surface area contributed by atoms with Crippen molar-refractivity contribution in [1.29, 1.82) is 0 Å². The van der Waals surface area contributed by atoms with E-state index in [0.29, 0.717) is 57.4 Å². The number of piperidine rings is 1. The molecule has 1 atom stereocenters. The zero-order valence-electron chi connectivity index (χ0n) is 21.1. The molecule has 0 spiro atoms. The number of hydrogen-bond donors (Lipinski definition) is 4. The smallest absolute Gasteiger partial charge is 0.373 e. The molecule has 1 saturated heterocycles. The molecule has 1 aromatic heterocycles. The van der Waals surface area contributed by atoms with Gasteiger partial charge in [-0.3, -0.25) is 14.9 Å². The van der Waals surface area contributed by atoms with Crippen LogP contribution in [-0.4, -0.2) is 83.4 Å². The normalized spacial score (nSPS) is 16.5. The lowest BCUT2D eigenvalue weighted by Crippen LogP contribution is -2.57. The first-order chi connectivity index (χ1) is 17.9. The van der Waals surface area contributed by atoms with Gasteiger partial charge in [-0.1, -0.05) is 0 Å². The molecule has 38 heavy (non-hydrogen) atoms. The number of nitrogens with two attached hydrogens (primary N) is 2. The van der Waals surface area contributed by atoms with Gasteiger partial charge >= 0.3 is 11.7 Å². The Morgan fingerprint density at radius 1 is 1.26 bits per heavy atom. The number of rotatable bonds is 13. The fourth-order valence-corrected chi connectivity index (χ4v) is 4.84. The number of likely N-dealkylation sites (tertiary alicyclic amines) is 1. The Labute approximate surface area is 220 Å². The molecule has 3 rings (SSSR count). The van der Waals surface area contributed by atoms with Gasteiger partial charge in [-0.2, -0.15) is 4.98 Å². The van der Waals surface area contributed by atoms with Crippen LogP contribution in [0.15, 0.2) is 35.5 Å². The second-order valence-electron chi connectivity index (χ2n) is 9.36. The number of aromatic nitrogens is 2. The van der Waals surface area contributed by atoms with Gasteiger partial charge in [0.25, 0.3) is 5.88 Å². The summed E-state index contributed by atoms with van der Waals surface area (Å²) < 4.78 is 29.2. The number of carbonyl (C=O) groups is 1. The number of ether oxygens (including phenoxy) is 1. The Morgan fingerprint density at radius 2 is 1.92 bits per heavy atom. The van der Waals surface area contributed by atoms with Crippen molar-refractivity contribution in [3.8, 4) is 5.88 Å². The largest absolute Gasteiger partial charge is 0.480 e. The molecule has 0 unspecified atom stereocenters. The maximum atomic E-state index is 11.9. The number of hydrogen-bond acceptors (Lipinski definition) is 12. The Hall–Kier alpha value is -3.40. The van der Waals surface area contributed by atoms with E-state index in [0.717, 1.165) is 12.6 Å². The molecule has 14 nitrogen and oxygen atoms in total. The molecular weight excluding hydrogens is 518 g/mol. The minimum atomic E-state index is -3.39. The molecule has 1 fully saturated rings. The highest BCUT2D eigenvalue weighted by Crippen LogP contribution is 2.34. The predicted octanol–water partition coefficient (Wildman–Crippen LogP) is 1.29. The zero-order chi connectivity index (χ0) is 27.9. The summed E-state index contributed by atoms with van der Waals surface area (Å²) in [5.41, 5.74) is 10.3. The lowest BCUT2D eigenvalue weighted by atomic mass is 9.92. The summed E-state index contributed by atoms with van der Waals surface area (Å²) in [4.78, 5) is 33.0. The highest BCUT2D eigenvalue weighted by atomic mass is 32.2. The maximum absolute atomic E-state index is 11.9. The first kappa shape index (κ1) is 29.2. The van der Waals surface area contributed by atoms with E-state index in [2.05, 4.69) is 15.3 Å². The summed E-state index contributed by atoms with van der Waals surface area (Å²) in [6.45, 7) is 1.66. The summed E-state index contributed by atoms with van der Waals surface area (Å²) in [6, 6.07) is 5.72. The number of unbranched alkanes of at least 4 members (excludes halogenated alkanes) is 1. The summed E-state index contributed by atoms with van der Waals surface area (Å²) in [5, 5.41) is 24.4. The van der Waals surface area contributed by atoms with Crippen LogP contribution < -0.4 is 21.5 Å². The Balaban J connectivity index is 1.66. The minimum Gasteiger partial charge on any atom is -0.480 e. The third-order valence-electron chi connectivity index (χ3n) is 6.34. The summed E-state index contributed by atoms with van der Waals surface area (Å²) in [7, 11) is -3.39. The quantitative estimate of drug-likeness (QED) is 0.157. The first-order valence-corrected chi connectivity index (χ1v) is 14.0. The number of nitro groups is 1. The Bertz CT molecular complexity index is 1240. The molecule has 1 aliphatic heterocycles. The number of carboxylic acid groups (broad SMARTS) is 1. The van der Waals surface area contributed by atoms with Gasteiger partial charge in [0.2, 0.25) is 5.82 Å². The molecule has 6 N–H and O–H groups in total. The van der Waals surface area contributed by atoms with Gasteiger partial charge in [-0.15, -0.1) is 0 Å². The number of aliphatic carboxylic acids is 1. The number of nitrogens with one attached hydrogen (secondary N) is 1. The molecule has 1 aromatic carbocycles. The second-order valence-corrected chi connectivity index (χ2v) is 11.4. The molecule has 0 bridgehead atoms. The van der Waals surface area contributed by atoms with E-state index in [9.17, 15) is 28.4 Å². The van der Waals surface area contributed by atoms with Crippen LogP contribution in [0.5, 0.6) is 5.88 Å². The molecule has 2 aromatic rings. The molecule has 0 amide bonds. The van der Waals surface area contributed by atoms with Gasteiger partial charge in [-0.05, 0) is 62.9 Å². The molecule has 0 aliphatic carbocycles. The number of sulfone groups is 1. The third kappa shape index (κ3) is 7.56. The minimum absolute atomic E-state index is 0.101. The average molecular weight is 552 g/mol. The van der Waals surface area contributed by atoms with Gasteiger partial charge in [0.05, 0.1) is 9.82 Å². The van der Waals surface area contributed by atoms with Gasteiger partial charge < -0.3 is 31.5 Å². The monoisotopic (exact) mass is 551 g/mol. The summed E-state index contributed by atoms with van der Waals surface area (Å²) in [6.07, 6.45) is 4.47. The fraction of sp³-hybridized carbons (Fsp3) is 0.522. The van der Waals surface area contributed by atoms with Crippen LogP contribution in [0.3, 0.4) is 0 Å². The van der Waals surface area contributed by atoms with Crippen molar-refractivity contribution in [2.24, 2.45) is 11.5 Å². The van der Waals surface area contributed by atoms with Crippen molar-refractivity contribution in [2.45, 2.75) is 48.6 Å². The van der Waals surface area contributed by atoms with Gasteiger partial charge in [0.15, 0.2) is 9.84 Å². The molecule has 0 radical (unpaired) electrons. The molecule has 0 saturated carbocycles. The van der Waals surface area contributed by atoms with Crippen molar-refractivity contribution in [2.75, 3.05) is 37.8 Å². The van der Waals surface area contributed by atoms with Crippen LogP contribution in [0.4, 0.5) is 17.2 Å². The van der Waals surface area contributed by atoms with Crippen molar-refractivity contribution < 1.29 is 28.0 Å². The van der Waals surface area contributed by atoms with Crippen LogP contribution in [0.2, 0.25) is 0 Å². The van der Waals surface area contributed by atoms with E-state index in [1.54, 1.807) is 0 Å². The molecule has 15 heteroatoms. The predicted molar refractivity (Wildman–Crippen MR) is 139 cm³/mol. The lowest BCUT2D eigenvalue weighted by Gasteiger charge is -2.36. The number of benzene rings is 1. The number of carboxylic acids is 1. The second kappa shape index (κ2) is 12.4. The lowest BCUT2D eigenvalue weighted by molar-refractivity contribution is -0.385. The summed E-state index contributed by atoms with van der Waals surface area (Å²) in [5.74, 6) is -1.36. The standard InChI is InChI=1S/C23H33N7O7S/c1-38(35,36)18-6-4-16(5-7-18)28-20-19(30(33)34)21(27-15-26-20)37-17-8-12-29(13-9-17)14-23(25,22(31)32)10-2-3-11-24/h4-7,15,17H,2-3,8-14,24-25H2,1H3,(H,31,32)(H,26,27,28)/t23-/m1/s1. The molecule has 1 aliphatic rings. The molecule has 208 valence electrons. The highest BCUT2D eigenvalue weighted by molar-refractivity contribution is 7.90. The van der Waals surface area contributed by atoms with Crippen LogP contribution in [0.1, 0.15) is 32.1 Å². The van der Waals surface area contributed by atoms with Crippen LogP contribution in [0.25, 0.3) is 0 Å². The SMILES string of the molecule is CS(=O)(=O)c1ccc(Nc2ncnc(OC3CCN(C[C@](N)(CCCCN)C(=O)O)CC3)c2[N+](=O)[O-])cc1. The van der Waals surface area contributed by atoms with E-state index in [-0.39, 0.29) is 29.2 Å². The average Bonchev–Trinajstić information content (AvgIpc) is 2.85. The van der Waals surface area contributed by atoms with Crippen molar-refractivity contribution in [1.82, 2.24) is 14.9 Å². The first-order valence-electron chi connectivity index (χ1n) is 12.1. The Kier molecular flexibility index (Phi) is 9.54. The molecule has 2 heterocycles. The van der Waals surface area contributed by atoms with Crippen LogP contribution >= 0.6 is 0 Å². The Morgan fingerprint density at radius 3 is 2.47 bits per heavy atom. The van der Waals surface area contributed by atoms with Crippen molar-refractivity contribution in [3.63, 3.8) is 0 Å². The topological polar surface area (TPSA) is 217 Å². The highest BCUT2D eigenvalue weighted by Gasteiger charge is 2.37. The van der Waals surface area contributed by atoms with Crippen molar-refractivity contribution >= 4 is 33.0 Å².